The topological polar surface area (TPSA) is 113 Å². The summed E-state index contributed by atoms with van der Waals surface area (Å²) in [6.07, 6.45) is 0.776. The molecular weight excluding hydrogens is 528 g/mol. The average molecular weight is 548 g/mol. The van der Waals surface area contributed by atoms with Gasteiger partial charge in [0.15, 0.2) is 5.78 Å². The molecule has 10 heteroatoms. The fourth-order valence-electron chi connectivity index (χ4n) is 4.52. The van der Waals surface area contributed by atoms with Gasteiger partial charge in [-0.25, -0.2) is 0 Å². The predicted octanol–water partition coefficient (Wildman–Crippen LogP) is 6.32. The monoisotopic (exact) mass is 546 g/mol. The number of nitro groups is 1. The number of nitriles is 1. The molecule has 2 heterocycles. The van der Waals surface area contributed by atoms with Crippen LogP contribution in [0.3, 0.4) is 0 Å². The molecule has 0 saturated heterocycles. The smallest absolute Gasteiger partial charge is 0.294 e. The number of halogens is 2. The van der Waals surface area contributed by atoms with Crippen LogP contribution < -0.4 is 10.6 Å². The fourth-order valence-corrected chi connectivity index (χ4v) is 6.37. The molecule has 4 rings (SSSR count). The number of nitrogens with zero attached hydrogens (tertiary/aromatic N) is 3. The number of Topliss-reactive ketones (excluding diaryl/α,β-unsaturated/α-hetero) is 1. The molecule has 1 aromatic heterocycles. The Hall–Kier alpha value is -2.67. The summed E-state index contributed by atoms with van der Waals surface area (Å²) in [5.74, 6) is -0.624. The van der Waals surface area contributed by atoms with E-state index >= 15 is 0 Å². The lowest BCUT2D eigenvalue weighted by Crippen LogP contribution is -2.42. The molecule has 170 valence electrons. The van der Waals surface area contributed by atoms with Crippen LogP contribution in [0.15, 0.2) is 51.4 Å². The van der Waals surface area contributed by atoms with Crippen molar-refractivity contribution in [2.45, 2.75) is 39.5 Å². The molecule has 1 aliphatic carbocycles. The third-order valence-electron chi connectivity index (χ3n) is 5.92. The molecule has 1 atom stereocenters. The quantitative estimate of drug-likeness (QED) is 0.355. The van der Waals surface area contributed by atoms with E-state index < -0.39 is 10.8 Å². The van der Waals surface area contributed by atoms with E-state index in [9.17, 15) is 20.2 Å². The lowest BCUT2D eigenvalue weighted by Gasteiger charge is -2.43. The molecule has 1 aliphatic heterocycles. The van der Waals surface area contributed by atoms with Gasteiger partial charge in [-0.3, -0.25) is 19.8 Å². The maximum absolute atomic E-state index is 13.5. The van der Waals surface area contributed by atoms with Crippen molar-refractivity contribution in [2.75, 3.05) is 4.90 Å². The second-order valence-electron chi connectivity index (χ2n) is 8.92. The number of nitrogens with two attached hydrogens (primary N) is 1. The van der Waals surface area contributed by atoms with E-state index in [-0.39, 0.29) is 39.0 Å². The largest absolute Gasteiger partial charge is 0.384 e. The van der Waals surface area contributed by atoms with E-state index in [1.54, 1.807) is 0 Å². The number of rotatable bonds is 3. The zero-order chi connectivity index (χ0) is 24.2. The van der Waals surface area contributed by atoms with Crippen molar-refractivity contribution < 1.29 is 9.72 Å². The van der Waals surface area contributed by atoms with Crippen molar-refractivity contribution in [1.82, 2.24) is 0 Å². The van der Waals surface area contributed by atoms with E-state index in [4.69, 9.17) is 17.3 Å². The maximum Gasteiger partial charge on any atom is 0.294 e. The van der Waals surface area contributed by atoms with Crippen LogP contribution in [0.5, 0.6) is 0 Å². The van der Waals surface area contributed by atoms with Crippen molar-refractivity contribution in [3.05, 3.63) is 76.3 Å². The van der Waals surface area contributed by atoms with Gasteiger partial charge < -0.3 is 5.73 Å². The molecule has 2 aliphatic rings. The van der Waals surface area contributed by atoms with Gasteiger partial charge in [-0.1, -0.05) is 25.4 Å². The number of anilines is 1. The highest BCUT2D eigenvalue weighted by atomic mass is 79.9. The number of thiophene rings is 1. The van der Waals surface area contributed by atoms with Gasteiger partial charge in [-0.05, 0) is 52.9 Å². The van der Waals surface area contributed by atoms with Gasteiger partial charge in [0.1, 0.15) is 11.5 Å². The number of carbonyl (C=O) groups excluding carboxylic acids is 1. The van der Waals surface area contributed by atoms with Gasteiger partial charge in [0.05, 0.1) is 22.5 Å². The Balaban J connectivity index is 2.05. The molecule has 2 aromatic rings. The number of aryl methyl sites for hydroxylation is 1. The van der Waals surface area contributed by atoms with Gasteiger partial charge in [0.25, 0.3) is 5.69 Å². The number of nitro benzene ring substituents is 1. The third kappa shape index (κ3) is 3.97. The van der Waals surface area contributed by atoms with Gasteiger partial charge in [0, 0.05) is 43.0 Å². The summed E-state index contributed by atoms with van der Waals surface area (Å²) in [6.45, 7) is 5.90. The minimum atomic E-state index is -0.619. The molecule has 1 aromatic carbocycles. The zero-order valence-electron chi connectivity index (χ0n) is 18.1. The van der Waals surface area contributed by atoms with Crippen LogP contribution >= 0.6 is 38.9 Å². The number of hydrogen-bond donors (Lipinski definition) is 1. The zero-order valence-corrected chi connectivity index (χ0v) is 21.3. The van der Waals surface area contributed by atoms with Crippen LogP contribution in [0.4, 0.5) is 11.4 Å². The first-order chi connectivity index (χ1) is 15.4. The molecule has 0 saturated carbocycles. The molecule has 33 heavy (non-hydrogen) atoms. The number of benzene rings is 1. The Morgan fingerprint density at radius 2 is 2.06 bits per heavy atom. The highest BCUT2D eigenvalue weighted by molar-refractivity contribution is 9.10. The predicted molar refractivity (Wildman–Crippen MR) is 132 cm³/mol. The van der Waals surface area contributed by atoms with Gasteiger partial charge in [-0.2, -0.15) is 5.26 Å². The molecule has 0 bridgehead atoms. The van der Waals surface area contributed by atoms with E-state index in [0.717, 1.165) is 14.2 Å². The van der Waals surface area contributed by atoms with E-state index in [2.05, 4.69) is 22.0 Å². The number of ketones is 1. The lowest BCUT2D eigenvalue weighted by molar-refractivity contribution is -0.384. The molecule has 0 amide bonds. The molecule has 0 fully saturated rings. The summed E-state index contributed by atoms with van der Waals surface area (Å²) in [4.78, 5) is 28.2. The lowest BCUT2D eigenvalue weighted by atomic mass is 9.69. The van der Waals surface area contributed by atoms with Gasteiger partial charge >= 0.3 is 0 Å². The highest BCUT2D eigenvalue weighted by Crippen LogP contribution is 2.52. The number of carbonyl (C=O) groups is 1. The first-order valence-corrected chi connectivity index (χ1v) is 12.1. The van der Waals surface area contributed by atoms with Crippen molar-refractivity contribution in [3.8, 4) is 6.07 Å². The molecular formula is C23H20BrClN4O3S. The molecule has 1 unspecified atom stereocenters. The van der Waals surface area contributed by atoms with Crippen LogP contribution in [-0.4, -0.2) is 10.7 Å². The normalized spacial score (nSPS) is 20.1. The minimum Gasteiger partial charge on any atom is -0.384 e. The standard InChI is InChI=1S/C23H20BrClN4O3S/c1-11-14(24)7-19(33-11)20-13(10-26)22(27)28(15-5-4-12(25)6-16(15)29(31)32)17-8-23(2,3)9-18(30)21(17)20/h4-7,20H,8-9,27H2,1-3H3. The summed E-state index contributed by atoms with van der Waals surface area (Å²) >= 11 is 11.0. The molecule has 2 N–H and O–H groups in total. The Labute approximate surface area is 208 Å². The fraction of sp³-hybridized carbons (Fsp3) is 0.304. The maximum atomic E-state index is 13.5. The Morgan fingerprint density at radius 1 is 1.36 bits per heavy atom. The van der Waals surface area contributed by atoms with Crippen molar-refractivity contribution in [1.29, 1.82) is 5.26 Å². The summed E-state index contributed by atoms with van der Waals surface area (Å²) < 4.78 is 0.889. The summed E-state index contributed by atoms with van der Waals surface area (Å²) in [5.41, 5.74) is 7.36. The Kier molecular flexibility index (Phi) is 5.89. The van der Waals surface area contributed by atoms with E-state index in [1.165, 1.54) is 34.4 Å². The summed E-state index contributed by atoms with van der Waals surface area (Å²) in [6, 6.07) is 8.38. The van der Waals surface area contributed by atoms with Crippen molar-refractivity contribution in [2.24, 2.45) is 11.1 Å². The number of hydrogen-bond acceptors (Lipinski definition) is 7. The van der Waals surface area contributed by atoms with Gasteiger partial charge in [-0.15, -0.1) is 11.3 Å². The molecule has 0 radical (unpaired) electrons. The third-order valence-corrected chi connectivity index (χ3v) is 8.35. The van der Waals surface area contributed by atoms with Crippen LogP contribution in [0.25, 0.3) is 0 Å². The molecule has 0 spiro atoms. The number of allylic oxidation sites excluding steroid dienone is 3. The summed E-state index contributed by atoms with van der Waals surface area (Å²) in [7, 11) is 0. The second-order valence-corrected chi connectivity index (χ2v) is 11.5. The van der Waals surface area contributed by atoms with E-state index in [1.807, 2.05) is 26.8 Å². The van der Waals surface area contributed by atoms with Gasteiger partial charge in [0.2, 0.25) is 0 Å². The van der Waals surface area contributed by atoms with Crippen LogP contribution in [-0.2, 0) is 4.79 Å². The van der Waals surface area contributed by atoms with Crippen molar-refractivity contribution >= 4 is 56.0 Å². The van der Waals surface area contributed by atoms with Crippen molar-refractivity contribution in [3.63, 3.8) is 0 Å². The Bertz CT molecular complexity index is 1300. The first kappa shape index (κ1) is 23.5. The van der Waals surface area contributed by atoms with Crippen LogP contribution in [0.2, 0.25) is 5.02 Å². The molecule has 7 nitrogen and oxygen atoms in total. The minimum absolute atomic E-state index is 0.0827. The first-order valence-electron chi connectivity index (χ1n) is 10.1. The average Bonchev–Trinajstić information content (AvgIpc) is 3.05. The highest BCUT2D eigenvalue weighted by Gasteiger charge is 2.46. The summed E-state index contributed by atoms with van der Waals surface area (Å²) in [5, 5.41) is 22.2. The second kappa shape index (κ2) is 8.28. The van der Waals surface area contributed by atoms with Crippen LogP contribution in [0, 0.1) is 33.8 Å². The van der Waals surface area contributed by atoms with Crippen LogP contribution in [0.1, 0.15) is 42.4 Å². The van der Waals surface area contributed by atoms with E-state index in [0.29, 0.717) is 24.1 Å². The SMILES string of the molecule is Cc1sc(C2C(C#N)=C(N)N(c3ccc(Cl)cc3[N+](=O)[O-])C3=C2C(=O)CC(C)(C)C3)cc1Br. The Morgan fingerprint density at radius 3 is 2.64 bits per heavy atom.